The SMILES string of the molecule is CCC1CSC(=Nc2ccc(Cl)c(Cl)c2)N1C(=O)CN1C(=O)NC2(CCCCC2C)C1=O. The van der Waals surface area contributed by atoms with Gasteiger partial charge in [-0.25, -0.2) is 9.79 Å². The Morgan fingerprint density at radius 3 is 2.75 bits per heavy atom. The molecule has 0 aromatic heterocycles. The van der Waals surface area contributed by atoms with E-state index < -0.39 is 11.6 Å². The van der Waals surface area contributed by atoms with Crippen LogP contribution in [-0.4, -0.2) is 56.7 Å². The predicted octanol–water partition coefficient (Wildman–Crippen LogP) is 4.84. The van der Waals surface area contributed by atoms with Gasteiger partial charge in [0.25, 0.3) is 5.91 Å². The van der Waals surface area contributed by atoms with Crippen molar-refractivity contribution in [3.05, 3.63) is 28.2 Å². The first-order chi connectivity index (χ1) is 15.3. The van der Waals surface area contributed by atoms with Crippen molar-refractivity contribution in [3.8, 4) is 0 Å². The molecule has 3 unspecified atom stereocenters. The molecule has 32 heavy (non-hydrogen) atoms. The second-order valence-corrected chi connectivity index (χ2v) is 10.4. The number of amides is 4. The van der Waals surface area contributed by atoms with Gasteiger partial charge in [0.15, 0.2) is 5.17 Å². The van der Waals surface area contributed by atoms with E-state index >= 15 is 0 Å². The Morgan fingerprint density at radius 1 is 1.28 bits per heavy atom. The molecule has 10 heteroatoms. The first-order valence-corrected chi connectivity index (χ1v) is 12.6. The number of carbonyl (C=O) groups excluding carboxylic acids is 3. The Hall–Kier alpha value is -1.77. The van der Waals surface area contributed by atoms with Gasteiger partial charge in [-0.2, -0.15) is 0 Å². The van der Waals surface area contributed by atoms with Gasteiger partial charge in [-0.15, -0.1) is 0 Å². The van der Waals surface area contributed by atoms with E-state index in [2.05, 4.69) is 10.3 Å². The zero-order valence-corrected chi connectivity index (χ0v) is 20.4. The molecule has 3 aliphatic rings. The molecular formula is C22H26Cl2N4O3S. The minimum atomic E-state index is -0.878. The highest BCUT2D eigenvalue weighted by Crippen LogP contribution is 2.38. The second-order valence-electron chi connectivity index (χ2n) is 8.57. The molecule has 172 valence electrons. The monoisotopic (exact) mass is 496 g/mol. The number of nitrogens with one attached hydrogen (secondary N) is 1. The molecule has 1 N–H and O–H groups in total. The van der Waals surface area contributed by atoms with Gasteiger partial charge in [0.1, 0.15) is 12.1 Å². The molecule has 7 nitrogen and oxygen atoms in total. The van der Waals surface area contributed by atoms with Crippen LogP contribution in [0.5, 0.6) is 0 Å². The van der Waals surface area contributed by atoms with Gasteiger partial charge in [0.05, 0.1) is 15.7 Å². The Kier molecular flexibility index (Phi) is 6.75. The largest absolute Gasteiger partial charge is 0.325 e. The lowest BCUT2D eigenvalue weighted by Crippen LogP contribution is -2.54. The van der Waals surface area contributed by atoms with Crippen LogP contribution in [0.15, 0.2) is 23.2 Å². The van der Waals surface area contributed by atoms with Crippen molar-refractivity contribution >= 4 is 63.7 Å². The summed E-state index contributed by atoms with van der Waals surface area (Å²) in [6.45, 7) is 3.70. The summed E-state index contributed by atoms with van der Waals surface area (Å²) in [6.07, 6.45) is 4.17. The van der Waals surface area contributed by atoms with E-state index in [0.29, 0.717) is 33.1 Å². The minimum Gasteiger partial charge on any atom is -0.323 e. The van der Waals surface area contributed by atoms with E-state index in [-0.39, 0.29) is 30.3 Å². The number of thioether (sulfide) groups is 1. The molecular weight excluding hydrogens is 471 g/mol. The number of hydrogen-bond donors (Lipinski definition) is 1. The predicted molar refractivity (Wildman–Crippen MR) is 128 cm³/mol. The van der Waals surface area contributed by atoms with E-state index in [4.69, 9.17) is 23.2 Å². The van der Waals surface area contributed by atoms with Crippen LogP contribution >= 0.6 is 35.0 Å². The number of rotatable bonds is 4. The molecule has 2 saturated heterocycles. The van der Waals surface area contributed by atoms with Crippen molar-refractivity contribution in [2.45, 2.75) is 57.5 Å². The van der Waals surface area contributed by atoms with Crippen LogP contribution in [0.1, 0.15) is 46.0 Å². The van der Waals surface area contributed by atoms with Crippen LogP contribution in [0.25, 0.3) is 0 Å². The maximum atomic E-state index is 13.3. The summed E-state index contributed by atoms with van der Waals surface area (Å²) >= 11 is 13.6. The maximum absolute atomic E-state index is 13.3. The summed E-state index contributed by atoms with van der Waals surface area (Å²) in [4.78, 5) is 46.6. The first-order valence-electron chi connectivity index (χ1n) is 10.9. The zero-order chi connectivity index (χ0) is 23.0. The smallest absolute Gasteiger partial charge is 0.323 e. The molecule has 0 bridgehead atoms. The third-order valence-corrected chi connectivity index (χ3v) is 8.48. The lowest BCUT2D eigenvalue weighted by molar-refractivity contribution is -0.139. The number of carbonyl (C=O) groups is 3. The fourth-order valence-electron chi connectivity index (χ4n) is 4.68. The number of hydrogen-bond acceptors (Lipinski definition) is 5. The first kappa shape index (κ1) is 23.4. The molecule has 3 fully saturated rings. The Morgan fingerprint density at radius 2 is 2.06 bits per heavy atom. The summed E-state index contributed by atoms with van der Waals surface area (Å²) in [6, 6.07) is 4.49. The number of nitrogens with zero attached hydrogens (tertiary/aromatic N) is 3. The van der Waals surface area contributed by atoms with Crippen molar-refractivity contribution in [1.82, 2.24) is 15.1 Å². The number of imide groups is 1. The van der Waals surface area contributed by atoms with Gasteiger partial charge in [-0.3, -0.25) is 19.4 Å². The highest BCUT2D eigenvalue weighted by Gasteiger charge is 2.55. The minimum absolute atomic E-state index is 0.0466. The number of aliphatic imine (C=N–C) groups is 1. The summed E-state index contributed by atoms with van der Waals surface area (Å²) in [7, 11) is 0. The number of urea groups is 1. The van der Waals surface area contributed by atoms with Crippen molar-refractivity contribution in [3.63, 3.8) is 0 Å². The van der Waals surface area contributed by atoms with Crippen molar-refractivity contribution in [1.29, 1.82) is 0 Å². The molecule has 4 amide bonds. The molecule has 4 rings (SSSR count). The van der Waals surface area contributed by atoms with Crippen molar-refractivity contribution in [2.24, 2.45) is 10.9 Å². The molecule has 3 atom stereocenters. The van der Waals surface area contributed by atoms with Gasteiger partial charge in [0, 0.05) is 11.8 Å². The lowest BCUT2D eigenvalue weighted by Gasteiger charge is -2.36. The van der Waals surface area contributed by atoms with Gasteiger partial charge >= 0.3 is 6.03 Å². The highest BCUT2D eigenvalue weighted by molar-refractivity contribution is 8.14. The zero-order valence-electron chi connectivity index (χ0n) is 18.1. The van der Waals surface area contributed by atoms with Gasteiger partial charge in [0.2, 0.25) is 5.91 Å². The molecule has 1 aliphatic carbocycles. The highest BCUT2D eigenvalue weighted by atomic mass is 35.5. The van der Waals surface area contributed by atoms with Gasteiger partial charge in [-0.05, 0) is 43.4 Å². The van der Waals surface area contributed by atoms with Gasteiger partial charge < -0.3 is 5.32 Å². The summed E-state index contributed by atoms with van der Waals surface area (Å²) in [5.41, 5.74) is -0.294. The fraction of sp³-hybridized carbons (Fsp3) is 0.545. The fourth-order valence-corrected chi connectivity index (χ4v) is 6.26. The molecule has 0 radical (unpaired) electrons. The number of halogens is 2. The summed E-state index contributed by atoms with van der Waals surface area (Å²) in [5, 5.41) is 4.25. The summed E-state index contributed by atoms with van der Waals surface area (Å²) in [5.74, 6) is 0.143. The second kappa shape index (κ2) is 9.23. The average Bonchev–Trinajstić information content (AvgIpc) is 3.27. The Bertz CT molecular complexity index is 988. The van der Waals surface area contributed by atoms with E-state index in [0.717, 1.165) is 30.6 Å². The quantitative estimate of drug-likeness (QED) is 0.604. The molecule has 2 heterocycles. The molecule has 1 saturated carbocycles. The van der Waals surface area contributed by atoms with Crippen LogP contribution in [-0.2, 0) is 9.59 Å². The summed E-state index contributed by atoms with van der Waals surface area (Å²) < 4.78 is 0. The molecule has 1 spiro atoms. The van der Waals surface area contributed by atoms with E-state index in [9.17, 15) is 14.4 Å². The molecule has 1 aromatic rings. The van der Waals surface area contributed by atoms with Crippen molar-refractivity contribution < 1.29 is 14.4 Å². The molecule has 2 aliphatic heterocycles. The topological polar surface area (TPSA) is 82.1 Å². The van der Waals surface area contributed by atoms with Crippen LogP contribution in [0.3, 0.4) is 0 Å². The lowest BCUT2D eigenvalue weighted by atomic mass is 9.73. The van der Waals surface area contributed by atoms with E-state index in [1.54, 1.807) is 23.1 Å². The van der Waals surface area contributed by atoms with Crippen LogP contribution in [0.2, 0.25) is 10.0 Å². The van der Waals surface area contributed by atoms with E-state index in [1.807, 2.05) is 13.8 Å². The number of amidine groups is 1. The number of benzene rings is 1. The normalized spacial score (nSPS) is 29.3. The van der Waals surface area contributed by atoms with Crippen LogP contribution in [0, 0.1) is 5.92 Å². The van der Waals surface area contributed by atoms with Crippen molar-refractivity contribution in [2.75, 3.05) is 12.3 Å². The average molecular weight is 497 g/mol. The molecule has 1 aromatic carbocycles. The maximum Gasteiger partial charge on any atom is 0.325 e. The van der Waals surface area contributed by atoms with Crippen LogP contribution < -0.4 is 5.32 Å². The van der Waals surface area contributed by atoms with E-state index in [1.165, 1.54) is 11.8 Å². The Balaban J connectivity index is 1.56. The standard InChI is InChI=1S/C22H26Cl2N4O3S/c1-3-15-12-32-21(25-14-7-8-16(23)17(24)10-14)28(15)18(29)11-27-19(30)22(26-20(27)31)9-5-4-6-13(22)2/h7-8,10,13,15H,3-6,9,11-12H2,1-2H3,(H,26,31). The van der Waals surface area contributed by atoms with Gasteiger partial charge in [-0.1, -0.05) is 61.7 Å². The third-order valence-electron chi connectivity index (χ3n) is 6.64. The Labute approximate surface area is 201 Å². The van der Waals surface area contributed by atoms with Crippen LogP contribution in [0.4, 0.5) is 10.5 Å². The third kappa shape index (κ3) is 4.13.